The largest absolute Gasteiger partial charge is 0.305 e. The third-order valence-electron chi connectivity index (χ3n) is 2.08. The zero-order chi connectivity index (χ0) is 13.1. The van der Waals surface area contributed by atoms with Gasteiger partial charge in [0.15, 0.2) is 5.82 Å². The molecule has 0 spiro atoms. The maximum atomic E-state index is 12.0. The maximum Gasteiger partial charge on any atom is 0.264 e. The predicted molar refractivity (Wildman–Crippen MR) is 85.3 cm³/mol. The van der Waals surface area contributed by atoms with E-state index in [1.165, 1.54) is 22.2 Å². The van der Waals surface area contributed by atoms with Crippen molar-refractivity contribution < 1.29 is 4.79 Å². The minimum Gasteiger partial charge on any atom is -0.305 e. The normalized spacial score (nSPS) is 17.8. The molecule has 3 heterocycles. The molecule has 1 N–H and O–H groups in total. The number of thioether (sulfide) groups is 4. The summed E-state index contributed by atoms with van der Waals surface area (Å²) in [4.78, 5) is 20.7. The van der Waals surface area contributed by atoms with Crippen LogP contribution >= 0.6 is 47.0 Å². The van der Waals surface area contributed by atoms with E-state index in [1.54, 1.807) is 47.7 Å². The molecular formula is C11H7N3OS4. The SMILES string of the molecule is O=C(Nc1cnccn1)C1=CSC(=C2SC=CS2)S1. The number of anilines is 1. The van der Waals surface area contributed by atoms with Gasteiger partial charge in [0, 0.05) is 12.4 Å². The number of rotatable bonds is 2. The molecule has 96 valence electrons. The molecule has 0 aromatic carbocycles. The van der Waals surface area contributed by atoms with Gasteiger partial charge >= 0.3 is 0 Å². The van der Waals surface area contributed by atoms with E-state index in [1.807, 2.05) is 16.2 Å². The molecule has 0 bridgehead atoms. The quantitative estimate of drug-likeness (QED) is 0.887. The van der Waals surface area contributed by atoms with Gasteiger partial charge in [-0.3, -0.25) is 9.78 Å². The number of nitrogens with one attached hydrogen (secondary N) is 1. The second-order valence-corrected chi connectivity index (χ2v) is 7.61. The average Bonchev–Trinajstić information content (AvgIpc) is 3.11. The van der Waals surface area contributed by atoms with Gasteiger partial charge in [0.25, 0.3) is 5.91 Å². The molecule has 8 heteroatoms. The number of amides is 1. The molecule has 0 fully saturated rings. The Bertz CT molecular complexity index is 587. The van der Waals surface area contributed by atoms with E-state index in [2.05, 4.69) is 15.3 Å². The van der Waals surface area contributed by atoms with Gasteiger partial charge in [0.2, 0.25) is 0 Å². The molecular weight excluding hydrogens is 318 g/mol. The van der Waals surface area contributed by atoms with Crippen LogP contribution in [0.2, 0.25) is 0 Å². The summed E-state index contributed by atoms with van der Waals surface area (Å²) in [6.45, 7) is 0. The van der Waals surface area contributed by atoms with Crippen LogP contribution in [0.4, 0.5) is 5.82 Å². The molecule has 0 aliphatic carbocycles. The van der Waals surface area contributed by atoms with Crippen molar-refractivity contribution in [2.45, 2.75) is 0 Å². The molecule has 0 radical (unpaired) electrons. The molecule has 0 atom stereocenters. The third kappa shape index (κ3) is 3.19. The van der Waals surface area contributed by atoms with E-state index in [9.17, 15) is 4.79 Å². The summed E-state index contributed by atoms with van der Waals surface area (Å²) < 4.78 is 2.39. The summed E-state index contributed by atoms with van der Waals surface area (Å²) in [5.74, 6) is 0.320. The van der Waals surface area contributed by atoms with E-state index in [0.29, 0.717) is 10.7 Å². The highest BCUT2D eigenvalue weighted by molar-refractivity contribution is 8.33. The first-order chi connectivity index (χ1) is 9.33. The van der Waals surface area contributed by atoms with Gasteiger partial charge in [0.1, 0.15) is 0 Å². The highest BCUT2D eigenvalue weighted by Gasteiger charge is 2.23. The van der Waals surface area contributed by atoms with E-state index in [0.717, 1.165) is 4.24 Å². The van der Waals surface area contributed by atoms with E-state index in [4.69, 9.17) is 0 Å². The number of aromatic nitrogens is 2. The van der Waals surface area contributed by atoms with Gasteiger partial charge in [-0.05, 0) is 16.2 Å². The number of nitrogens with zero attached hydrogens (tertiary/aromatic N) is 2. The Balaban J connectivity index is 1.65. The Morgan fingerprint density at radius 2 is 1.95 bits per heavy atom. The Morgan fingerprint density at radius 1 is 1.11 bits per heavy atom. The fourth-order valence-corrected chi connectivity index (χ4v) is 5.63. The summed E-state index contributed by atoms with van der Waals surface area (Å²) in [6, 6.07) is 0. The van der Waals surface area contributed by atoms with Crippen molar-refractivity contribution in [1.29, 1.82) is 0 Å². The summed E-state index contributed by atoms with van der Waals surface area (Å²) in [5, 5.41) is 8.70. The first kappa shape index (κ1) is 13.2. The van der Waals surface area contributed by atoms with Gasteiger partial charge in [-0.25, -0.2) is 4.98 Å². The van der Waals surface area contributed by atoms with Crippen LogP contribution in [0.5, 0.6) is 0 Å². The predicted octanol–water partition coefficient (Wildman–Crippen LogP) is 3.81. The van der Waals surface area contributed by atoms with E-state index < -0.39 is 0 Å². The van der Waals surface area contributed by atoms with Crippen LogP contribution in [0.15, 0.2) is 48.2 Å². The van der Waals surface area contributed by atoms with Gasteiger partial charge < -0.3 is 5.32 Å². The van der Waals surface area contributed by atoms with E-state index >= 15 is 0 Å². The monoisotopic (exact) mass is 325 g/mol. The van der Waals surface area contributed by atoms with Crippen LogP contribution in [0.3, 0.4) is 0 Å². The van der Waals surface area contributed by atoms with Crippen molar-refractivity contribution in [2.75, 3.05) is 5.32 Å². The summed E-state index contributed by atoms with van der Waals surface area (Å²) in [5.41, 5.74) is 0. The van der Waals surface area contributed by atoms with Gasteiger partial charge in [-0.1, -0.05) is 47.0 Å². The molecule has 0 saturated heterocycles. The molecule has 2 aliphatic rings. The van der Waals surface area contributed by atoms with E-state index in [-0.39, 0.29) is 5.91 Å². The molecule has 1 aromatic heterocycles. The lowest BCUT2D eigenvalue weighted by molar-refractivity contribution is -0.112. The molecule has 2 aliphatic heterocycles. The number of carbonyl (C=O) groups is 1. The molecule has 19 heavy (non-hydrogen) atoms. The zero-order valence-electron chi connectivity index (χ0n) is 9.40. The van der Waals surface area contributed by atoms with Crippen molar-refractivity contribution in [3.63, 3.8) is 0 Å². The summed E-state index contributed by atoms with van der Waals surface area (Å²) in [7, 11) is 0. The fraction of sp³-hybridized carbons (Fsp3) is 0. The average molecular weight is 325 g/mol. The second-order valence-electron chi connectivity index (χ2n) is 3.33. The molecule has 1 aromatic rings. The van der Waals surface area contributed by atoms with Crippen molar-refractivity contribution in [1.82, 2.24) is 9.97 Å². The molecule has 4 nitrogen and oxygen atoms in total. The molecule has 0 saturated carbocycles. The van der Waals surface area contributed by atoms with Gasteiger partial charge in [-0.2, -0.15) is 0 Å². The van der Waals surface area contributed by atoms with Crippen LogP contribution < -0.4 is 5.32 Å². The smallest absolute Gasteiger partial charge is 0.264 e. The fourth-order valence-electron chi connectivity index (χ4n) is 1.29. The highest BCUT2D eigenvalue weighted by atomic mass is 32.2. The van der Waals surface area contributed by atoms with Crippen LogP contribution in [-0.4, -0.2) is 15.9 Å². The number of hydrogen-bond acceptors (Lipinski definition) is 7. The standard InChI is InChI=1S/C11H7N3OS4/c15-9(14-8-5-12-1-2-13-8)7-6-18-11(19-7)10-16-3-4-17-10/h1-6H,(H,13,14,15). The Labute approximate surface area is 127 Å². The lowest BCUT2D eigenvalue weighted by Gasteiger charge is -2.04. The maximum absolute atomic E-state index is 12.0. The minimum absolute atomic E-state index is 0.144. The molecule has 1 amide bonds. The summed E-state index contributed by atoms with van der Waals surface area (Å²) >= 11 is 6.47. The van der Waals surface area contributed by atoms with Crippen molar-refractivity contribution >= 4 is 58.8 Å². The highest BCUT2D eigenvalue weighted by Crippen LogP contribution is 2.53. The second kappa shape index (κ2) is 6.08. The Kier molecular flexibility index (Phi) is 4.21. The van der Waals surface area contributed by atoms with Crippen LogP contribution in [0.1, 0.15) is 0 Å². The topological polar surface area (TPSA) is 54.9 Å². The van der Waals surface area contributed by atoms with Gasteiger partial charge in [0.05, 0.1) is 19.6 Å². The van der Waals surface area contributed by atoms with Crippen molar-refractivity contribution in [3.05, 3.63) is 48.2 Å². The van der Waals surface area contributed by atoms with Crippen molar-refractivity contribution in [2.24, 2.45) is 0 Å². The first-order valence-corrected chi connectivity index (χ1v) is 8.63. The zero-order valence-corrected chi connectivity index (χ0v) is 12.7. The molecule has 3 rings (SSSR count). The lowest BCUT2D eigenvalue weighted by Crippen LogP contribution is -2.12. The van der Waals surface area contributed by atoms with Crippen molar-refractivity contribution in [3.8, 4) is 0 Å². The molecule has 0 unspecified atom stereocenters. The number of hydrogen-bond donors (Lipinski definition) is 1. The van der Waals surface area contributed by atoms with Crippen LogP contribution in [0, 0.1) is 0 Å². The first-order valence-electron chi connectivity index (χ1n) is 5.17. The Morgan fingerprint density at radius 3 is 2.68 bits per heavy atom. The third-order valence-corrected chi connectivity index (χ3v) is 7.10. The van der Waals surface area contributed by atoms with Crippen LogP contribution in [0.25, 0.3) is 0 Å². The Hall–Kier alpha value is -0.830. The lowest BCUT2D eigenvalue weighted by atomic mass is 10.5. The van der Waals surface area contributed by atoms with Crippen LogP contribution in [-0.2, 0) is 4.79 Å². The summed E-state index contributed by atoms with van der Waals surface area (Å²) in [6.07, 6.45) is 4.64. The number of carbonyl (C=O) groups excluding carboxylic acids is 1. The van der Waals surface area contributed by atoms with Gasteiger partial charge in [-0.15, -0.1) is 0 Å². The minimum atomic E-state index is -0.144.